The Bertz CT molecular complexity index is 1690. The summed E-state index contributed by atoms with van der Waals surface area (Å²) >= 11 is 0.462. The van der Waals surface area contributed by atoms with Crippen molar-refractivity contribution in [3.63, 3.8) is 0 Å². The van der Waals surface area contributed by atoms with Gasteiger partial charge in [-0.25, -0.2) is 17.2 Å². The zero-order valence-corrected chi connectivity index (χ0v) is 27.5. The quantitative estimate of drug-likeness (QED) is 0.123. The van der Waals surface area contributed by atoms with E-state index in [1.165, 1.54) is 12.1 Å². The summed E-state index contributed by atoms with van der Waals surface area (Å²) in [6.07, 6.45) is -7.08. The van der Waals surface area contributed by atoms with E-state index < -0.39 is 47.8 Å². The van der Waals surface area contributed by atoms with Crippen LogP contribution in [-0.2, 0) is 21.3 Å². The molecule has 2 aromatic heterocycles. The lowest BCUT2D eigenvalue weighted by atomic mass is 10.1. The molecule has 246 valence electrons. The number of anilines is 1. The number of sulfonamides is 1. The summed E-state index contributed by atoms with van der Waals surface area (Å²) in [7, 11) is -5.98. The molecular formula is C26H33F5N8O3S2Si. The summed E-state index contributed by atoms with van der Waals surface area (Å²) < 4.78 is 104. The molecule has 1 saturated heterocycles. The van der Waals surface area contributed by atoms with Crippen LogP contribution in [-0.4, -0.2) is 92.0 Å². The number of hydrogen-bond donors (Lipinski definition) is 1. The van der Waals surface area contributed by atoms with Crippen LogP contribution in [0, 0.1) is 11.3 Å². The molecule has 5 rings (SSSR count). The van der Waals surface area contributed by atoms with Gasteiger partial charge < -0.3 is 15.0 Å². The standard InChI is InChI=1S/C26H33F5N8O3S2Si/c1-45(2,3)11-10-42-16-39(25(14-32)4-5-25)44(40,41)17-12-18-20(23-34-35-24(43-23)22(27)28)36-38(15-26(29,30)31)21(18)19(13-17)37-8-6-33-7-9-37/h12-13,22,33H,4-11,15-16H2,1-3H3. The lowest BCUT2D eigenvalue weighted by Crippen LogP contribution is -2.44. The van der Waals surface area contributed by atoms with E-state index >= 15 is 0 Å². The molecule has 2 fully saturated rings. The fraction of sp³-hybridized carbons (Fsp3) is 0.615. The molecule has 3 heterocycles. The smallest absolute Gasteiger partial charge is 0.367 e. The predicted molar refractivity (Wildman–Crippen MR) is 160 cm³/mol. The molecule has 2 aliphatic rings. The SMILES string of the molecule is C[Si](C)(C)CCOCN(C1(C#N)CC1)S(=O)(=O)c1cc(N2CCNCC2)c2c(c1)c(-c1nnc(C(F)F)s1)nn2CC(F)(F)F. The summed E-state index contributed by atoms with van der Waals surface area (Å²) in [5.74, 6) is 0. The highest BCUT2D eigenvalue weighted by Gasteiger charge is 2.54. The highest BCUT2D eigenvalue weighted by Crippen LogP contribution is 2.46. The fourth-order valence-electron chi connectivity index (χ4n) is 5.04. The van der Waals surface area contributed by atoms with Crippen LogP contribution in [0.1, 0.15) is 24.3 Å². The number of rotatable bonds is 12. The monoisotopic (exact) mass is 692 g/mol. The van der Waals surface area contributed by atoms with E-state index in [1.54, 1.807) is 4.90 Å². The Balaban J connectivity index is 1.69. The van der Waals surface area contributed by atoms with E-state index in [-0.39, 0.29) is 38.9 Å². The number of halogens is 5. The van der Waals surface area contributed by atoms with Gasteiger partial charge in [-0.2, -0.15) is 27.8 Å². The second-order valence-corrected chi connectivity index (χ2v) is 20.8. The van der Waals surface area contributed by atoms with Gasteiger partial charge in [-0.1, -0.05) is 31.0 Å². The van der Waals surface area contributed by atoms with Crippen LogP contribution in [0.5, 0.6) is 0 Å². The van der Waals surface area contributed by atoms with Gasteiger partial charge in [0.15, 0.2) is 10.0 Å². The molecule has 0 radical (unpaired) electrons. The summed E-state index contributed by atoms with van der Waals surface area (Å²) in [5, 5.41) is 23.6. The van der Waals surface area contributed by atoms with Crippen molar-refractivity contribution in [3.8, 4) is 16.8 Å². The number of nitrogens with zero attached hydrogens (tertiary/aromatic N) is 7. The molecule has 1 saturated carbocycles. The molecule has 1 aliphatic carbocycles. The molecule has 0 amide bonds. The van der Waals surface area contributed by atoms with Crippen LogP contribution < -0.4 is 10.2 Å². The number of ether oxygens (including phenoxy) is 1. The minimum Gasteiger partial charge on any atom is -0.367 e. The number of nitrogens with one attached hydrogen (secondary N) is 1. The van der Waals surface area contributed by atoms with Crippen molar-refractivity contribution >= 4 is 46.0 Å². The van der Waals surface area contributed by atoms with Gasteiger partial charge >= 0.3 is 6.18 Å². The van der Waals surface area contributed by atoms with Crippen LogP contribution in [0.15, 0.2) is 17.0 Å². The van der Waals surface area contributed by atoms with Crippen molar-refractivity contribution in [1.29, 1.82) is 5.26 Å². The lowest BCUT2D eigenvalue weighted by molar-refractivity contribution is -0.141. The Morgan fingerprint density at radius 3 is 2.44 bits per heavy atom. The Morgan fingerprint density at radius 2 is 1.89 bits per heavy atom. The zero-order chi connectivity index (χ0) is 32.8. The van der Waals surface area contributed by atoms with Gasteiger partial charge in [0.1, 0.15) is 24.5 Å². The van der Waals surface area contributed by atoms with Crippen molar-refractivity contribution in [2.75, 3.05) is 44.4 Å². The molecule has 19 heteroatoms. The zero-order valence-electron chi connectivity index (χ0n) is 24.9. The molecular weight excluding hydrogens is 660 g/mol. The van der Waals surface area contributed by atoms with E-state index in [0.29, 0.717) is 61.6 Å². The van der Waals surface area contributed by atoms with Gasteiger partial charge in [-0.3, -0.25) is 4.68 Å². The number of alkyl halides is 5. The second kappa shape index (κ2) is 12.4. The van der Waals surface area contributed by atoms with Crippen molar-refractivity contribution in [2.24, 2.45) is 0 Å². The predicted octanol–water partition coefficient (Wildman–Crippen LogP) is 4.82. The van der Waals surface area contributed by atoms with E-state index in [4.69, 9.17) is 4.74 Å². The minimum absolute atomic E-state index is 0.0173. The lowest BCUT2D eigenvalue weighted by Gasteiger charge is -2.31. The number of benzene rings is 1. The first kappa shape index (κ1) is 33.6. The topological polar surface area (TPSA) is 129 Å². The Hall–Kier alpha value is -2.76. The Labute approximate surface area is 262 Å². The van der Waals surface area contributed by atoms with Gasteiger partial charge in [0.25, 0.3) is 6.43 Å². The average Bonchev–Trinajstić information content (AvgIpc) is 3.43. The van der Waals surface area contributed by atoms with Gasteiger partial charge in [0, 0.05) is 46.2 Å². The highest BCUT2D eigenvalue weighted by molar-refractivity contribution is 7.89. The molecule has 11 nitrogen and oxygen atoms in total. The van der Waals surface area contributed by atoms with Crippen molar-refractivity contribution < 1.29 is 35.1 Å². The van der Waals surface area contributed by atoms with Crippen LogP contribution in [0.3, 0.4) is 0 Å². The van der Waals surface area contributed by atoms with Gasteiger partial charge in [-0.05, 0) is 31.0 Å². The third kappa shape index (κ3) is 7.30. The van der Waals surface area contributed by atoms with Gasteiger partial charge in [0.2, 0.25) is 10.0 Å². The number of fused-ring (bicyclic) bond motifs is 1. The first-order valence-electron chi connectivity index (χ1n) is 14.3. The van der Waals surface area contributed by atoms with Crippen LogP contribution in [0.25, 0.3) is 21.6 Å². The molecule has 3 aromatic rings. The largest absolute Gasteiger partial charge is 0.408 e. The first-order chi connectivity index (χ1) is 21.0. The average molecular weight is 693 g/mol. The third-order valence-electron chi connectivity index (χ3n) is 7.62. The summed E-state index contributed by atoms with van der Waals surface area (Å²) in [4.78, 5) is 1.47. The molecule has 0 bridgehead atoms. The number of piperazine rings is 1. The third-order valence-corrected chi connectivity index (χ3v) is 12.1. The van der Waals surface area contributed by atoms with Crippen molar-refractivity contribution in [2.45, 2.75) is 68.1 Å². The molecule has 0 spiro atoms. The fourth-order valence-corrected chi connectivity index (χ4v) is 8.17. The van der Waals surface area contributed by atoms with Gasteiger partial charge in [-0.15, -0.1) is 10.2 Å². The molecule has 0 unspecified atom stereocenters. The molecule has 1 N–H and O–H groups in total. The van der Waals surface area contributed by atoms with E-state index in [2.05, 4.69) is 46.3 Å². The molecule has 1 aliphatic heterocycles. The summed E-state index contributed by atoms with van der Waals surface area (Å²) in [6, 6.07) is 5.35. The Morgan fingerprint density at radius 1 is 1.20 bits per heavy atom. The van der Waals surface area contributed by atoms with Crippen LogP contribution in [0.2, 0.25) is 25.7 Å². The van der Waals surface area contributed by atoms with E-state index in [9.17, 15) is 35.6 Å². The van der Waals surface area contributed by atoms with Crippen LogP contribution in [0.4, 0.5) is 27.6 Å². The first-order valence-corrected chi connectivity index (χ1v) is 20.2. The van der Waals surface area contributed by atoms with E-state index in [1.807, 2.05) is 0 Å². The van der Waals surface area contributed by atoms with E-state index in [0.717, 1.165) is 10.3 Å². The van der Waals surface area contributed by atoms with Gasteiger partial charge in [0.05, 0.1) is 22.2 Å². The normalized spacial score (nSPS) is 17.4. The molecule has 45 heavy (non-hydrogen) atoms. The molecule has 1 aromatic carbocycles. The highest BCUT2D eigenvalue weighted by atomic mass is 32.2. The molecule has 0 atom stereocenters. The number of nitriles is 1. The van der Waals surface area contributed by atoms with Crippen LogP contribution >= 0.6 is 11.3 Å². The maximum atomic E-state index is 14.4. The maximum Gasteiger partial charge on any atom is 0.408 e. The Kier molecular flexibility index (Phi) is 9.29. The summed E-state index contributed by atoms with van der Waals surface area (Å²) in [6.45, 7) is 6.53. The van der Waals surface area contributed by atoms with Crippen molar-refractivity contribution in [3.05, 3.63) is 17.1 Å². The van der Waals surface area contributed by atoms with Crippen molar-refractivity contribution in [1.82, 2.24) is 29.6 Å². The maximum absolute atomic E-state index is 14.4. The number of hydrogen-bond acceptors (Lipinski definition) is 10. The summed E-state index contributed by atoms with van der Waals surface area (Å²) in [5.41, 5.74) is -1.37. The second-order valence-electron chi connectivity index (χ2n) is 12.3. The number of aromatic nitrogens is 4. The minimum atomic E-state index is -4.70.